The molecule has 1 aromatic heterocycles. The second kappa shape index (κ2) is 4.99. The highest BCUT2D eigenvalue weighted by Gasteiger charge is 2.15. The van der Waals surface area contributed by atoms with Crippen LogP contribution in [0.2, 0.25) is 5.02 Å². The fourth-order valence-electron chi connectivity index (χ4n) is 2.00. The van der Waals surface area contributed by atoms with Gasteiger partial charge < -0.3 is 4.98 Å². The second-order valence-electron chi connectivity index (χ2n) is 4.60. The Balaban J connectivity index is 2.22. The van der Waals surface area contributed by atoms with E-state index in [1.807, 2.05) is 45.0 Å². The van der Waals surface area contributed by atoms with Crippen molar-refractivity contribution in [2.24, 2.45) is 0 Å². The minimum atomic E-state index is 0.117. The lowest BCUT2D eigenvalue weighted by Gasteiger charge is -2.01. The standard InChI is InChI=1S/C15H16ClNO/c1-9-10(2)15(17-11(9)3)14(18)8-12-4-6-13(16)7-5-12/h4-7,17H,8H2,1-3H3. The van der Waals surface area contributed by atoms with Crippen molar-refractivity contribution in [3.63, 3.8) is 0 Å². The molecule has 2 rings (SSSR count). The number of ketones is 1. The average Bonchev–Trinajstić information content (AvgIpc) is 2.60. The number of halogens is 1. The molecule has 1 heterocycles. The highest BCUT2D eigenvalue weighted by Crippen LogP contribution is 2.19. The van der Waals surface area contributed by atoms with Crippen molar-refractivity contribution in [3.05, 3.63) is 57.4 Å². The smallest absolute Gasteiger partial charge is 0.183 e. The molecule has 2 aromatic rings. The lowest BCUT2D eigenvalue weighted by atomic mass is 10.0. The van der Waals surface area contributed by atoms with Crippen LogP contribution < -0.4 is 0 Å². The van der Waals surface area contributed by atoms with Crippen LogP contribution >= 0.6 is 11.6 Å². The third-order valence-electron chi connectivity index (χ3n) is 3.37. The van der Waals surface area contributed by atoms with Gasteiger partial charge in [-0.15, -0.1) is 0 Å². The van der Waals surface area contributed by atoms with Crippen LogP contribution in [-0.2, 0) is 6.42 Å². The summed E-state index contributed by atoms with van der Waals surface area (Å²) in [5.41, 5.74) is 4.97. The molecular weight excluding hydrogens is 246 g/mol. The van der Waals surface area contributed by atoms with Gasteiger partial charge in [0.25, 0.3) is 0 Å². The van der Waals surface area contributed by atoms with E-state index in [0.717, 1.165) is 28.1 Å². The zero-order valence-electron chi connectivity index (χ0n) is 10.8. The number of rotatable bonds is 3. The molecule has 18 heavy (non-hydrogen) atoms. The highest BCUT2D eigenvalue weighted by atomic mass is 35.5. The van der Waals surface area contributed by atoms with Crippen molar-refractivity contribution >= 4 is 17.4 Å². The van der Waals surface area contributed by atoms with Gasteiger partial charge in [0.2, 0.25) is 0 Å². The van der Waals surface area contributed by atoms with Crippen molar-refractivity contribution < 1.29 is 4.79 Å². The van der Waals surface area contributed by atoms with E-state index in [4.69, 9.17) is 11.6 Å². The first-order valence-electron chi connectivity index (χ1n) is 5.92. The first-order valence-corrected chi connectivity index (χ1v) is 6.30. The molecule has 0 atom stereocenters. The fourth-order valence-corrected chi connectivity index (χ4v) is 2.12. The van der Waals surface area contributed by atoms with Gasteiger partial charge in [-0.05, 0) is 49.6 Å². The molecule has 0 aliphatic heterocycles. The van der Waals surface area contributed by atoms with Gasteiger partial charge in [-0.3, -0.25) is 4.79 Å². The molecule has 0 amide bonds. The normalized spacial score (nSPS) is 10.7. The first-order chi connectivity index (χ1) is 8.49. The van der Waals surface area contributed by atoms with Gasteiger partial charge in [0.05, 0.1) is 5.69 Å². The summed E-state index contributed by atoms with van der Waals surface area (Å²) >= 11 is 5.82. The summed E-state index contributed by atoms with van der Waals surface area (Å²) in [6, 6.07) is 7.39. The van der Waals surface area contributed by atoms with Gasteiger partial charge in [0.15, 0.2) is 5.78 Å². The molecule has 0 aliphatic rings. The number of hydrogen-bond donors (Lipinski definition) is 1. The molecule has 1 N–H and O–H groups in total. The van der Waals surface area contributed by atoms with E-state index in [-0.39, 0.29) is 5.78 Å². The lowest BCUT2D eigenvalue weighted by Crippen LogP contribution is -2.05. The van der Waals surface area contributed by atoms with Gasteiger partial charge in [-0.25, -0.2) is 0 Å². The average molecular weight is 262 g/mol. The predicted molar refractivity (Wildman–Crippen MR) is 74.5 cm³/mol. The van der Waals surface area contributed by atoms with E-state index < -0.39 is 0 Å². The molecule has 0 aliphatic carbocycles. The number of aryl methyl sites for hydroxylation is 1. The number of hydrogen-bond acceptors (Lipinski definition) is 1. The maximum absolute atomic E-state index is 12.2. The maximum Gasteiger partial charge on any atom is 0.183 e. The summed E-state index contributed by atoms with van der Waals surface area (Å²) in [7, 11) is 0. The summed E-state index contributed by atoms with van der Waals surface area (Å²) in [6.07, 6.45) is 0.400. The first kappa shape index (κ1) is 12.9. The SMILES string of the molecule is Cc1[nH]c(C(=O)Cc2ccc(Cl)cc2)c(C)c1C. The Bertz CT molecular complexity index is 581. The Kier molecular flexibility index (Phi) is 3.58. The van der Waals surface area contributed by atoms with Crippen LogP contribution in [0, 0.1) is 20.8 Å². The van der Waals surface area contributed by atoms with Crippen molar-refractivity contribution in [1.82, 2.24) is 4.98 Å². The molecule has 0 saturated heterocycles. The molecule has 0 fully saturated rings. The minimum absolute atomic E-state index is 0.117. The summed E-state index contributed by atoms with van der Waals surface area (Å²) in [6.45, 7) is 6.00. The van der Waals surface area contributed by atoms with E-state index in [0.29, 0.717) is 11.4 Å². The van der Waals surface area contributed by atoms with Gasteiger partial charge in [0.1, 0.15) is 0 Å². The molecular formula is C15H16ClNO. The van der Waals surface area contributed by atoms with Gasteiger partial charge in [-0.2, -0.15) is 0 Å². The number of nitrogens with one attached hydrogen (secondary N) is 1. The number of benzene rings is 1. The van der Waals surface area contributed by atoms with Gasteiger partial charge in [0, 0.05) is 17.1 Å². The Hall–Kier alpha value is -1.54. The molecule has 0 unspecified atom stereocenters. The topological polar surface area (TPSA) is 32.9 Å². The fraction of sp³-hybridized carbons (Fsp3) is 0.267. The monoisotopic (exact) mass is 261 g/mol. The van der Waals surface area contributed by atoms with Crippen LogP contribution in [0.5, 0.6) is 0 Å². The zero-order valence-corrected chi connectivity index (χ0v) is 11.6. The van der Waals surface area contributed by atoms with Crippen molar-refractivity contribution in [2.75, 3.05) is 0 Å². The Morgan fingerprint density at radius 1 is 1.11 bits per heavy atom. The number of carbonyl (C=O) groups is 1. The number of aromatic nitrogens is 1. The second-order valence-corrected chi connectivity index (χ2v) is 5.04. The summed E-state index contributed by atoms with van der Waals surface area (Å²) < 4.78 is 0. The zero-order chi connectivity index (χ0) is 13.3. The van der Waals surface area contributed by atoms with Gasteiger partial charge >= 0.3 is 0 Å². The van der Waals surface area contributed by atoms with E-state index in [9.17, 15) is 4.79 Å². The van der Waals surface area contributed by atoms with Crippen molar-refractivity contribution in [1.29, 1.82) is 0 Å². The molecule has 0 spiro atoms. The number of aromatic amines is 1. The molecule has 2 nitrogen and oxygen atoms in total. The van der Waals surface area contributed by atoms with Crippen LogP contribution in [0.1, 0.15) is 32.9 Å². The third kappa shape index (κ3) is 2.49. The molecule has 1 aromatic carbocycles. The molecule has 0 bridgehead atoms. The maximum atomic E-state index is 12.2. The summed E-state index contributed by atoms with van der Waals surface area (Å²) in [5, 5.41) is 0.689. The van der Waals surface area contributed by atoms with Crippen LogP contribution in [0.4, 0.5) is 0 Å². The molecule has 94 valence electrons. The van der Waals surface area contributed by atoms with Crippen molar-refractivity contribution in [3.8, 4) is 0 Å². The number of carbonyl (C=O) groups excluding carboxylic acids is 1. The van der Waals surface area contributed by atoms with Crippen LogP contribution in [0.3, 0.4) is 0 Å². The van der Waals surface area contributed by atoms with E-state index in [1.165, 1.54) is 0 Å². The van der Waals surface area contributed by atoms with E-state index in [1.54, 1.807) is 0 Å². The highest BCUT2D eigenvalue weighted by molar-refractivity contribution is 6.30. The lowest BCUT2D eigenvalue weighted by molar-refractivity contribution is 0.0988. The Labute approximate surface area is 112 Å². The predicted octanol–water partition coefficient (Wildman–Crippen LogP) is 4.02. The van der Waals surface area contributed by atoms with Crippen LogP contribution in [0.15, 0.2) is 24.3 Å². The Morgan fingerprint density at radius 2 is 1.72 bits per heavy atom. The quantitative estimate of drug-likeness (QED) is 0.832. The summed E-state index contributed by atoms with van der Waals surface area (Å²) in [5.74, 6) is 0.117. The molecule has 0 radical (unpaired) electrons. The Morgan fingerprint density at radius 3 is 2.22 bits per heavy atom. The number of H-pyrrole nitrogens is 1. The third-order valence-corrected chi connectivity index (χ3v) is 3.62. The van der Waals surface area contributed by atoms with Gasteiger partial charge in [-0.1, -0.05) is 23.7 Å². The molecule has 3 heteroatoms. The van der Waals surface area contributed by atoms with Crippen molar-refractivity contribution in [2.45, 2.75) is 27.2 Å². The summed E-state index contributed by atoms with van der Waals surface area (Å²) in [4.78, 5) is 15.4. The van der Waals surface area contributed by atoms with Crippen LogP contribution in [0.25, 0.3) is 0 Å². The van der Waals surface area contributed by atoms with Crippen LogP contribution in [-0.4, -0.2) is 10.8 Å². The van der Waals surface area contributed by atoms with E-state index in [2.05, 4.69) is 4.98 Å². The minimum Gasteiger partial charge on any atom is -0.356 e. The molecule has 0 saturated carbocycles. The largest absolute Gasteiger partial charge is 0.356 e. The number of Topliss-reactive ketones (excluding diaryl/α,β-unsaturated/α-hetero) is 1. The van der Waals surface area contributed by atoms with E-state index >= 15 is 0 Å².